The number of aliphatic hydroxyl groups excluding tert-OH is 1. The second-order valence-corrected chi connectivity index (χ2v) is 11.9. The molecule has 1 aliphatic rings. The van der Waals surface area contributed by atoms with Gasteiger partial charge in [-0.15, -0.1) is 0 Å². The maximum absolute atomic E-state index is 14.1. The van der Waals surface area contributed by atoms with E-state index in [4.69, 9.17) is 4.52 Å². The van der Waals surface area contributed by atoms with Gasteiger partial charge in [-0.3, -0.25) is 14.4 Å². The van der Waals surface area contributed by atoms with Crippen LogP contribution in [0, 0.1) is 32.4 Å². The zero-order valence-electron chi connectivity index (χ0n) is 27.0. The minimum atomic E-state index is -1.27. The summed E-state index contributed by atoms with van der Waals surface area (Å²) >= 11 is 0. The van der Waals surface area contributed by atoms with Crippen LogP contribution in [0.25, 0.3) is 0 Å². The van der Waals surface area contributed by atoms with Crippen molar-refractivity contribution in [2.24, 2.45) is 0 Å². The molecule has 0 radical (unpaired) electrons. The first-order valence-corrected chi connectivity index (χ1v) is 15.7. The van der Waals surface area contributed by atoms with E-state index in [0.717, 1.165) is 31.0 Å². The van der Waals surface area contributed by atoms with E-state index in [-0.39, 0.29) is 35.9 Å². The van der Waals surface area contributed by atoms with Crippen molar-refractivity contribution < 1.29 is 32.8 Å². The topological polar surface area (TPSA) is 128 Å². The van der Waals surface area contributed by atoms with Gasteiger partial charge in [-0.25, -0.2) is 8.78 Å². The van der Waals surface area contributed by atoms with E-state index >= 15 is 0 Å². The van der Waals surface area contributed by atoms with Crippen LogP contribution < -0.4 is 10.6 Å². The summed E-state index contributed by atoms with van der Waals surface area (Å²) in [4.78, 5) is 43.7. The Kier molecular flexibility index (Phi) is 11.6. The zero-order valence-corrected chi connectivity index (χ0v) is 27.0. The first-order chi connectivity index (χ1) is 21.9. The number of benzene rings is 2. The number of nitrogens with zero attached hydrogens (tertiary/aromatic N) is 3. The molecule has 0 aliphatic carbocycles. The molecule has 10 nitrogen and oxygen atoms in total. The Hall–Kier alpha value is -4.16. The quantitative estimate of drug-likeness (QED) is 0.274. The maximum Gasteiger partial charge on any atom is 0.259 e. The molecule has 3 amide bonds. The fraction of sp³-hybridized carbons (Fsp3) is 0.471. The van der Waals surface area contributed by atoms with Gasteiger partial charge in [0, 0.05) is 49.9 Å². The molecule has 3 N–H and O–H groups in total. The standard InChI is InChI=1S/C34H43F2N5O5/c1-6-9-40(10-7-2)33(44)25-13-20(3)12-24(17-25)32(43)38-28(16-23-14-26(35)18-27(36)15-23)31(42)29-19-41(11-8-37-29)34(45)30-21(4)39-46-22(30)5/h12-15,17-18,28-29,31,37,42H,6-11,16,19H2,1-5H3,(H,38,43)/t28-,29+,31?/m0/s1. The van der Waals surface area contributed by atoms with Gasteiger partial charge in [-0.2, -0.15) is 0 Å². The highest BCUT2D eigenvalue weighted by Crippen LogP contribution is 2.20. The summed E-state index contributed by atoms with van der Waals surface area (Å²) in [6.45, 7) is 11.1. The second-order valence-electron chi connectivity index (χ2n) is 11.9. The van der Waals surface area contributed by atoms with Crippen LogP contribution in [0.3, 0.4) is 0 Å². The summed E-state index contributed by atoms with van der Waals surface area (Å²) in [6.07, 6.45) is 0.213. The highest BCUT2D eigenvalue weighted by molar-refractivity contribution is 6.00. The average molecular weight is 640 g/mol. The van der Waals surface area contributed by atoms with Gasteiger partial charge in [0.25, 0.3) is 17.7 Å². The van der Waals surface area contributed by atoms with Crippen LogP contribution in [0.4, 0.5) is 8.78 Å². The van der Waals surface area contributed by atoms with Gasteiger partial charge in [0.2, 0.25) is 0 Å². The smallest absolute Gasteiger partial charge is 0.259 e. The molecule has 248 valence electrons. The van der Waals surface area contributed by atoms with Crippen LogP contribution in [-0.2, 0) is 6.42 Å². The van der Waals surface area contributed by atoms with Crippen molar-refractivity contribution in [2.45, 2.75) is 72.1 Å². The predicted octanol–water partition coefficient (Wildman–Crippen LogP) is 3.96. The lowest BCUT2D eigenvalue weighted by Crippen LogP contribution is -2.62. The summed E-state index contributed by atoms with van der Waals surface area (Å²) in [6, 6.07) is 6.24. The molecule has 3 aromatic rings. The molecule has 2 heterocycles. The Morgan fingerprint density at radius 3 is 2.30 bits per heavy atom. The molecule has 0 spiro atoms. The Labute approximate surface area is 268 Å². The lowest BCUT2D eigenvalue weighted by atomic mass is 9.94. The molecule has 2 aromatic carbocycles. The normalized spacial score (nSPS) is 16.2. The number of piperazine rings is 1. The molecule has 3 atom stereocenters. The zero-order chi connectivity index (χ0) is 33.5. The van der Waals surface area contributed by atoms with Gasteiger partial charge in [0.15, 0.2) is 0 Å². The van der Waals surface area contributed by atoms with Crippen LogP contribution in [0.2, 0.25) is 0 Å². The van der Waals surface area contributed by atoms with Gasteiger partial charge in [-0.05, 0) is 81.5 Å². The van der Waals surface area contributed by atoms with Crippen molar-refractivity contribution >= 4 is 17.7 Å². The van der Waals surface area contributed by atoms with Gasteiger partial charge >= 0.3 is 0 Å². The number of carbonyl (C=O) groups excluding carboxylic acids is 3. The van der Waals surface area contributed by atoms with E-state index in [0.29, 0.717) is 54.3 Å². The lowest BCUT2D eigenvalue weighted by Gasteiger charge is -2.38. The molecule has 4 rings (SSSR count). The minimum absolute atomic E-state index is 0.0989. The molecule has 1 unspecified atom stereocenters. The summed E-state index contributed by atoms with van der Waals surface area (Å²) in [5.74, 6) is -2.21. The molecule has 0 saturated carbocycles. The van der Waals surface area contributed by atoms with E-state index in [1.807, 2.05) is 13.8 Å². The lowest BCUT2D eigenvalue weighted by molar-refractivity contribution is 0.0408. The van der Waals surface area contributed by atoms with Crippen LogP contribution >= 0.6 is 0 Å². The van der Waals surface area contributed by atoms with E-state index < -0.39 is 35.7 Å². The van der Waals surface area contributed by atoms with Gasteiger partial charge in [-0.1, -0.05) is 19.0 Å². The number of rotatable bonds is 12. The van der Waals surface area contributed by atoms with Crippen molar-refractivity contribution in [3.63, 3.8) is 0 Å². The van der Waals surface area contributed by atoms with E-state index in [9.17, 15) is 28.3 Å². The first-order valence-electron chi connectivity index (χ1n) is 15.7. The van der Waals surface area contributed by atoms with Crippen LogP contribution in [0.1, 0.15) is 80.3 Å². The molecule has 1 saturated heterocycles. The number of aromatic nitrogens is 1. The SMILES string of the molecule is CCCN(CCC)C(=O)c1cc(C)cc(C(=O)N[C@@H](Cc2cc(F)cc(F)c2)C(O)[C@H]2CN(C(=O)c3c(C)noc3C)CCN2)c1. The third kappa shape index (κ3) is 8.35. The van der Waals surface area contributed by atoms with Crippen molar-refractivity contribution in [3.8, 4) is 0 Å². The number of halogens is 2. The number of hydrogen-bond acceptors (Lipinski definition) is 7. The number of hydrogen-bond donors (Lipinski definition) is 3. The number of amides is 3. The summed E-state index contributed by atoms with van der Waals surface area (Å²) < 4.78 is 33.5. The van der Waals surface area contributed by atoms with Crippen molar-refractivity contribution in [3.05, 3.63) is 87.3 Å². The second kappa shape index (κ2) is 15.4. The highest BCUT2D eigenvalue weighted by atomic mass is 19.1. The molecule has 0 bridgehead atoms. The van der Waals surface area contributed by atoms with Crippen LogP contribution in [-0.4, -0.2) is 88.7 Å². The predicted molar refractivity (Wildman–Crippen MR) is 169 cm³/mol. The molecule has 12 heteroatoms. The van der Waals surface area contributed by atoms with Crippen molar-refractivity contribution in [1.82, 2.24) is 25.6 Å². The van der Waals surface area contributed by atoms with Crippen molar-refractivity contribution in [1.29, 1.82) is 0 Å². The third-order valence-electron chi connectivity index (χ3n) is 8.12. The Balaban J connectivity index is 1.60. The number of aliphatic hydroxyl groups is 1. The van der Waals surface area contributed by atoms with Gasteiger partial charge in [0.05, 0.1) is 23.9 Å². The molecule has 1 aliphatic heterocycles. The van der Waals surface area contributed by atoms with E-state index in [1.54, 1.807) is 42.7 Å². The van der Waals surface area contributed by atoms with E-state index in [2.05, 4.69) is 15.8 Å². The van der Waals surface area contributed by atoms with Gasteiger partial charge < -0.3 is 30.1 Å². The van der Waals surface area contributed by atoms with Gasteiger partial charge in [0.1, 0.15) is 23.0 Å². The van der Waals surface area contributed by atoms with Crippen molar-refractivity contribution in [2.75, 3.05) is 32.7 Å². The molecular formula is C34H43F2N5O5. The fourth-order valence-corrected chi connectivity index (χ4v) is 5.98. The largest absolute Gasteiger partial charge is 0.389 e. The molecular weight excluding hydrogens is 596 g/mol. The average Bonchev–Trinajstić information content (AvgIpc) is 3.35. The Morgan fingerprint density at radius 1 is 1.04 bits per heavy atom. The number of aryl methyl sites for hydroxylation is 3. The fourth-order valence-electron chi connectivity index (χ4n) is 5.98. The monoisotopic (exact) mass is 639 g/mol. The minimum Gasteiger partial charge on any atom is -0.389 e. The molecule has 1 fully saturated rings. The summed E-state index contributed by atoms with van der Waals surface area (Å²) in [7, 11) is 0. The molecule has 1 aromatic heterocycles. The Morgan fingerprint density at radius 2 is 1.70 bits per heavy atom. The maximum atomic E-state index is 14.1. The first kappa shape index (κ1) is 34.7. The Bertz CT molecular complexity index is 1510. The van der Waals surface area contributed by atoms with Crippen LogP contribution in [0.5, 0.6) is 0 Å². The number of carbonyl (C=O) groups is 3. The number of nitrogens with one attached hydrogen (secondary N) is 2. The summed E-state index contributed by atoms with van der Waals surface area (Å²) in [5.41, 5.74) is 2.34. The molecule has 46 heavy (non-hydrogen) atoms. The summed E-state index contributed by atoms with van der Waals surface area (Å²) in [5, 5.41) is 21.6. The van der Waals surface area contributed by atoms with Crippen LogP contribution in [0.15, 0.2) is 40.9 Å². The third-order valence-corrected chi connectivity index (χ3v) is 8.12. The van der Waals surface area contributed by atoms with E-state index in [1.165, 1.54) is 6.07 Å². The highest BCUT2D eigenvalue weighted by Gasteiger charge is 2.35.